The number of benzene rings is 3. The second-order valence-corrected chi connectivity index (χ2v) is 12.3. The van der Waals surface area contributed by atoms with Gasteiger partial charge in [0.05, 0.1) is 31.3 Å². The number of hydrogen-bond acceptors (Lipinski definition) is 5. The SMILES string of the molecule is CCC(C)Oc1cc2c(cc1OC)CC(=O)N(c1ccc(C(C)(O)C3CCN(C(C)=O)CC3)cc1)[C@H]2c1ccc(Cl)cc1. The summed E-state index contributed by atoms with van der Waals surface area (Å²) in [5.41, 5.74) is 3.25. The second-order valence-electron chi connectivity index (χ2n) is 11.9. The van der Waals surface area contributed by atoms with E-state index in [1.54, 1.807) is 14.0 Å². The normalized spacial score (nSPS) is 19.4. The molecule has 3 aromatic rings. The van der Waals surface area contributed by atoms with Gasteiger partial charge in [-0.05, 0) is 97.7 Å². The molecule has 1 fully saturated rings. The number of anilines is 1. The molecule has 0 saturated carbocycles. The molecule has 2 aliphatic heterocycles. The van der Waals surface area contributed by atoms with Gasteiger partial charge in [-0.1, -0.05) is 42.8 Å². The van der Waals surface area contributed by atoms with Gasteiger partial charge in [-0.3, -0.25) is 9.59 Å². The van der Waals surface area contributed by atoms with Crippen LogP contribution in [-0.4, -0.2) is 48.1 Å². The molecule has 2 amide bonds. The summed E-state index contributed by atoms with van der Waals surface area (Å²) in [5, 5.41) is 12.2. The van der Waals surface area contributed by atoms with E-state index in [0.717, 1.165) is 47.2 Å². The predicted octanol–water partition coefficient (Wildman–Crippen LogP) is 6.67. The van der Waals surface area contributed by atoms with Crippen molar-refractivity contribution in [2.45, 2.75) is 71.1 Å². The van der Waals surface area contributed by atoms with E-state index < -0.39 is 11.6 Å². The fourth-order valence-electron chi connectivity index (χ4n) is 6.33. The lowest BCUT2D eigenvalue weighted by molar-refractivity contribution is -0.132. The van der Waals surface area contributed by atoms with Crippen molar-refractivity contribution in [3.05, 3.63) is 87.9 Å². The van der Waals surface area contributed by atoms with Crippen LogP contribution in [0.3, 0.4) is 0 Å². The number of aliphatic hydroxyl groups is 1. The zero-order chi connectivity index (χ0) is 30.9. The Morgan fingerprint density at radius 2 is 1.72 bits per heavy atom. The third kappa shape index (κ3) is 6.24. The Morgan fingerprint density at radius 1 is 1.07 bits per heavy atom. The lowest BCUT2D eigenvalue weighted by Gasteiger charge is -2.40. The van der Waals surface area contributed by atoms with E-state index in [4.69, 9.17) is 21.1 Å². The Hall–Kier alpha value is -3.55. The maximum atomic E-state index is 13.9. The summed E-state index contributed by atoms with van der Waals surface area (Å²) in [7, 11) is 1.61. The van der Waals surface area contributed by atoms with E-state index in [-0.39, 0.29) is 30.3 Å². The molecule has 0 aromatic heterocycles. The molecule has 228 valence electrons. The standard InChI is InChI=1S/C35H41ClN2O5/c1-6-22(2)43-32-21-30-25(19-31(32)42-5)20-33(40)38(34(30)24-7-11-28(36)12-8-24)29-13-9-26(10-14-29)35(4,41)27-15-17-37(18-16-27)23(3)39/h7-14,19,21-22,27,34,41H,6,15-18,20H2,1-5H3/t22?,34-,35?/m0/s1. The van der Waals surface area contributed by atoms with Gasteiger partial charge >= 0.3 is 0 Å². The van der Waals surface area contributed by atoms with Crippen LogP contribution in [0, 0.1) is 5.92 Å². The zero-order valence-corrected chi connectivity index (χ0v) is 26.4. The summed E-state index contributed by atoms with van der Waals surface area (Å²) in [4.78, 5) is 29.3. The monoisotopic (exact) mass is 604 g/mol. The molecule has 0 spiro atoms. The number of fused-ring (bicyclic) bond motifs is 1. The van der Waals surface area contributed by atoms with E-state index in [0.29, 0.717) is 29.6 Å². The molecule has 1 N–H and O–H groups in total. The molecule has 8 heteroatoms. The molecule has 2 unspecified atom stereocenters. The van der Waals surface area contributed by atoms with Crippen molar-refractivity contribution in [1.29, 1.82) is 0 Å². The Balaban J connectivity index is 1.52. The number of piperidine rings is 1. The first-order valence-corrected chi connectivity index (χ1v) is 15.4. The predicted molar refractivity (Wildman–Crippen MR) is 169 cm³/mol. The lowest BCUT2D eigenvalue weighted by Crippen LogP contribution is -2.43. The number of halogens is 1. The van der Waals surface area contributed by atoms with Crippen molar-refractivity contribution >= 4 is 29.1 Å². The van der Waals surface area contributed by atoms with E-state index in [2.05, 4.69) is 6.92 Å². The highest BCUT2D eigenvalue weighted by atomic mass is 35.5. The summed E-state index contributed by atoms with van der Waals surface area (Å²) in [6.07, 6.45) is 2.53. The summed E-state index contributed by atoms with van der Waals surface area (Å²) < 4.78 is 11.9. The number of carbonyl (C=O) groups is 2. The summed E-state index contributed by atoms with van der Waals surface area (Å²) in [6.45, 7) is 8.82. The first-order chi connectivity index (χ1) is 20.5. The van der Waals surface area contributed by atoms with Crippen LogP contribution in [0.4, 0.5) is 5.69 Å². The lowest BCUT2D eigenvalue weighted by atomic mass is 9.77. The molecule has 0 bridgehead atoms. The van der Waals surface area contributed by atoms with Crippen LogP contribution < -0.4 is 14.4 Å². The highest BCUT2D eigenvalue weighted by Gasteiger charge is 2.38. The van der Waals surface area contributed by atoms with Gasteiger partial charge in [0.15, 0.2) is 11.5 Å². The zero-order valence-electron chi connectivity index (χ0n) is 25.6. The van der Waals surface area contributed by atoms with Gasteiger partial charge in [-0.15, -0.1) is 0 Å². The van der Waals surface area contributed by atoms with Crippen molar-refractivity contribution in [2.24, 2.45) is 5.92 Å². The summed E-state index contributed by atoms with van der Waals surface area (Å²) in [6, 6.07) is 18.8. The molecular weight excluding hydrogens is 564 g/mol. The third-order valence-electron chi connectivity index (χ3n) is 9.14. The van der Waals surface area contributed by atoms with E-state index >= 15 is 0 Å². The second kappa shape index (κ2) is 12.6. The molecule has 2 aliphatic rings. The van der Waals surface area contributed by atoms with E-state index in [9.17, 15) is 14.7 Å². The molecule has 1 saturated heterocycles. The van der Waals surface area contributed by atoms with Crippen LogP contribution in [-0.2, 0) is 21.6 Å². The molecule has 3 aromatic carbocycles. The van der Waals surface area contributed by atoms with Crippen LogP contribution >= 0.6 is 11.6 Å². The van der Waals surface area contributed by atoms with Crippen LogP contribution in [0.25, 0.3) is 0 Å². The fourth-order valence-corrected chi connectivity index (χ4v) is 6.45. The van der Waals surface area contributed by atoms with E-state index in [1.165, 1.54) is 0 Å². The average Bonchev–Trinajstić information content (AvgIpc) is 3.00. The summed E-state index contributed by atoms with van der Waals surface area (Å²) in [5.74, 6) is 1.31. The number of ether oxygens (including phenoxy) is 2. The van der Waals surface area contributed by atoms with Gasteiger partial charge in [0, 0.05) is 30.7 Å². The van der Waals surface area contributed by atoms with Gasteiger partial charge in [-0.25, -0.2) is 0 Å². The maximum absolute atomic E-state index is 13.9. The summed E-state index contributed by atoms with van der Waals surface area (Å²) >= 11 is 6.26. The molecule has 0 aliphatic carbocycles. The molecule has 2 heterocycles. The molecule has 5 rings (SSSR count). The third-order valence-corrected chi connectivity index (χ3v) is 9.39. The Kier molecular flexibility index (Phi) is 9.04. The molecule has 43 heavy (non-hydrogen) atoms. The van der Waals surface area contributed by atoms with Crippen LogP contribution in [0.1, 0.15) is 75.3 Å². The van der Waals surface area contributed by atoms with Crippen LogP contribution in [0.15, 0.2) is 60.7 Å². The first-order valence-electron chi connectivity index (χ1n) is 15.1. The van der Waals surface area contributed by atoms with Gasteiger partial charge in [-0.2, -0.15) is 0 Å². The van der Waals surface area contributed by atoms with Crippen molar-refractivity contribution < 1.29 is 24.2 Å². The van der Waals surface area contributed by atoms with E-state index in [1.807, 2.05) is 84.3 Å². The number of hydrogen-bond donors (Lipinski definition) is 1. The molecule has 0 radical (unpaired) electrons. The van der Waals surface area contributed by atoms with Crippen molar-refractivity contribution in [1.82, 2.24) is 4.90 Å². The maximum Gasteiger partial charge on any atom is 0.232 e. The Morgan fingerprint density at radius 3 is 2.30 bits per heavy atom. The van der Waals surface area contributed by atoms with Crippen LogP contribution in [0.2, 0.25) is 5.02 Å². The van der Waals surface area contributed by atoms with Gasteiger partial charge < -0.3 is 24.4 Å². The Labute approximate surface area is 259 Å². The Bertz CT molecular complexity index is 1460. The topological polar surface area (TPSA) is 79.3 Å². The van der Waals surface area contributed by atoms with Crippen molar-refractivity contribution in [2.75, 3.05) is 25.1 Å². The number of rotatable bonds is 8. The number of nitrogens with zero attached hydrogens (tertiary/aromatic N) is 2. The smallest absolute Gasteiger partial charge is 0.232 e. The minimum atomic E-state index is -1.06. The van der Waals surface area contributed by atoms with Gasteiger partial charge in [0.2, 0.25) is 11.8 Å². The highest BCUT2D eigenvalue weighted by Crippen LogP contribution is 2.44. The van der Waals surface area contributed by atoms with Crippen molar-refractivity contribution in [3.63, 3.8) is 0 Å². The fraction of sp³-hybridized carbons (Fsp3) is 0.429. The average molecular weight is 605 g/mol. The largest absolute Gasteiger partial charge is 0.493 e. The minimum Gasteiger partial charge on any atom is -0.493 e. The minimum absolute atomic E-state index is 0.00251. The van der Waals surface area contributed by atoms with Gasteiger partial charge in [0.25, 0.3) is 0 Å². The highest BCUT2D eigenvalue weighted by molar-refractivity contribution is 6.30. The van der Waals surface area contributed by atoms with Crippen molar-refractivity contribution in [3.8, 4) is 11.5 Å². The van der Waals surface area contributed by atoms with Gasteiger partial charge in [0.1, 0.15) is 0 Å². The number of likely N-dealkylation sites (tertiary alicyclic amines) is 1. The quantitative estimate of drug-likeness (QED) is 0.311. The number of methoxy groups -OCH3 is 1. The first kappa shape index (κ1) is 30.9. The van der Waals surface area contributed by atoms with Crippen LogP contribution in [0.5, 0.6) is 11.5 Å². The number of amides is 2. The molecular formula is C35H41ClN2O5. The molecule has 7 nitrogen and oxygen atoms in total. The number of carbonyl (C=O) groups excluding carboxylic acids is 2. The molecule has 3 atom stereocenters.